The van der Waals surface area contributed by atoms with Gasteiger partial charge in [0.25, 0.3) is 5.91 Å². The molecule has 0 bridgehead atoms. The van der Waals surface area contributed by atoms with Crippen LogP contribution in [0.2, 0.25) is 0 Å². The summed E-state index contributed by atoms with van der Waals surface area (Å²) in [6, 6.07) is 17.7. The third-order valence-corrected chi connectivity index (χ3v) is 4.37. The Morgan fingerprint density at radius 3 is 2.39 bits per heavy atom. The first-order valence-electron chi connectivity index (χ1n) is 9.13. The summed E-state index contributed by atoms with van der Waals surface area (Å²) in [5, 5.41) is 15.1. The van der Waals surface area contributed by atoms with Crippen molar-refractivity contribution < 1.29 is 17.2 Å². The van der Waals surface area contributed by atoms with Crippen molar-refractivity contribution in [1.82, 2.24) is 5.32 Å². The predicted molar refractivity (Wildman–Crippen MR) is 110 cm³/mol. The first-order chi connectivity index (χ1) is 13.1. The molecule has 0 saturated carbocycles. The minimum atomic E-state index is -0.397. The first kappa shape index (κ1) is 23.1. The van der Waals surface area contributed by atoms with Crippen molar-refractivity contribution in [3.8, 4) is 6.07 Å². The van der Waals surface area contributed by atoms with Gasteiger partial charge < -0.3 is 27.9 Å². The zero-order chi connectivity index (χ0) is 19.6. The van der Waals surface area contributed by atoms with Gasteiger partial charge in [0.2, 0.25) is 0 Å². The molecular formula is C22H26ClN4O-. The maximum atomic E-state index is 12.2. The van der Waals surface area contributed by atoms with E-state index in [1.54, 1.807) is 0 Å². The maximum Gasteiger partial charge on any atom is 0.263 e. The van der Waals surface area contributed by atoms with E-state index in [4.69, 9.17) is 0 Å². The van der Waals surface area contributed by atoms with Crippen molar-refractivity contribution in [1.29, 1.82) is 5.26 Å². The first-order valence-corrected chi connectivity index (χ1v) is 9.13. The van der Waals surface area contributed by atoms with Gasteiger partial charge in [-0.05, 0) is 50.1 Å². The molecule has 0 heterocycles. The molecule has 0 aliphatic heterocycles. The van der Waals surface area contributed by atoms with Crippen LogP contribution in [0.1, 0.15) is 25.0 Å². The van der Waals surface area contributed by atoms with Gasteiger partial charge in [-0.25, -0.2) is 0 Å². The van der Waals surface area contributed by atoms with Gasteiger partial charge >= 0.3 is 0 Å². The molecule has 0 unspecified atom stereocenters. The average Bonchev–Trinajstić information content (AvgIpc) is 2.70. The Hall–Kier alpha value is -2.97. The molecule has 0 saturated heterocycles. The average molecular weight is 398 g/mol. The molecule has 0 spiro atoms. The zero-order valence-corrected chi connectivity index (χ0v) is 17.3. The van der Waals surface area contributed by atoms with E-state index >= 15 is 0 Å². The lowest BCUT2D eigenvalue weighted by molar-refractivity contribution is -0.117. The lowest BCUT2D eigenvalue weighted by Crippen LogP contribution is -3.00. The van der Waals surface area contributed by atoms with Gasteiger partial charge in [-0.15, -0.1) is 0 Å². The Morgan fingerprint density at radius 2 is 1.82 bits per heavy atom. The minimum absolute atomic E-state index is 0. The summed E-state index contributed by atoms with van der Waals surface area (Å²) in [6.07, 6.45) is 1.46. The number of hydrogen-bond donors (Lipinski definition) is 2. The topological polar surface area (TPSA) is 68.2 Å². The number of benzene rings is 2. The van der Waals surface area contributed by atoms with Crippen LogP contribution in [0, 0.1) is 18.3 Å². The number of anilines is 2. The summed E-state index contributed by atoms with van der Waals surface area (Å²) >= 11 is 0. The fourth-order valence-corrected chi connectivity index (χ4v) is 2.77. The van der Waals surface area contributed by atoms with E-state index in [1.807, 2.05) is 55.5 Å². The van der Waals surface area contributed by atoms with Gasteiger partial charge in [-0.1, -0.05) is 30.3 Å². The van der Waals surface area contributed by atoms with Crippen molar-refractivity contribution in [2.45, 2.75) is 27.3 Å². The highest BCUT2D eigenvalue weighted by Gasteiger charge is 2.09. The number of carbonyl (C=O) groups excluding carboxylic acids is 1. The Labute approximate surface area is 173 Å². The van der Waals surface area contributed by atoms with Crippen molar-refractivity contribution in [3.63, 3.8) is 0 Å². The van der Waals surface area contributed by atoms with Gasteiger partial charge in [0.1, 0.15) is 11.6 Å². The molecule has 0 fully saturated rings. The summed E-state index contributed by atoms with van der Waals surface area (Å²) in [4.78, 5) is 14.5. The molecule has 2 aromatic carbocycles. The van der Waals surface area contributed by atoms with Gasteiger partial charge in [0, 0.05) is 37.2 Å². The van der Waals surface area contributed by atoms with Crippen molar-refractivity contribution in [2.75, 3.05) is 23.3 Å². The highest BCUT2D eigenvalue weighted by molar-refractivity contribution is 5.97. The van der Waals surface area contributed by atoms with E-state index < -0.39 is 5.91 Å². The lowest BCUT2D eigenvalue weighted by Gasteiger charge is -2.22. The lowest BCUT2D eigenvalue weighted by atomic mass is 10.1. The van der Waals surface area contributed by atoms with E-state index in [9.17, 15) is 10.1 Å². The van der Waals surface area contributed by atoms with Gasteiger partial charge in [0.15, 0.2) is 0 Å². The number of rotatable bonds is 8. The molecule has 0 radical (unpaired) electrons. The molecule has 0 aliphatic rings. The maximum absolute atomic E-state index is 12.2. The number of nitriles is 1. The molecule has 2 rings (SSSR count). The summed E-state index contributed by atoms with van der Waals surface area (Å²) in [7, 11) is 0. The van der Waals surface area contributed by atoms with Crippen LogP contribution in [0.3, 0.4) is 0 Å². The fourth-order valence-electron chi connectivity index (χ4n) is 2.77. The molecular weight excluding hydrogens is 372 g/mol. The van der Waals surface area contributed by atoms with Crippen LogP contribution in [0.25, 0.3) is 0 Å². The number of hydrogen-bond acceptors (Lipinski definition) is 4. The Bertz CT molecular complexity index is 839. The van der Waals surface area contributed by atoms with Crippen molar-refractivity contribution in [3.05, 3.63) is 71.4 Å². The SMILES string of the molecule is CCN(CC)c1ccc(N/C=C(/C#N)C(=O)NCc2ccccc2)c(C)c1.[Cl-]. The summed E-state index contributed by atoms with van der Waals surface area (Å²) < 4.78 is 0. The molecule has 2 aromatic rings. The van der Waals surface area contributed by atoms with Gasteiger partial charge in [-0.2, -0.15) is 5.26 Å². The van der Waals surface area contributed by atoms with Crippen LogP contribution in [-0.4, -0.2) is 19.0 Å². The molecule has 28 heavy (non-hydrogen) atoms. The Kier molecular flexibility index (Phi) is 9.63. The summed E-state index contributed by atoms with van der Waals surface area (Å²) in [5.41, 5.74) is 4.11. The fraction of sp³-hybridized carbons (Fsp3) is 0.273. The number of carbonyl (C=O) groups is 1. The van der Waals surface area contributed by atoms with Crippen LogP contribution in [0.4, 0.5) is 11.4 Å². The molecule has 148 valence electrons. The number of amides is 1. The number of aryl methyl sites for hydroxylation is 1. The van der Waals surface area contributed by atoms with E-state index in [-0.39, 0.29) is 18.0 Å². The van der Waals surface area contributed by atoms with E-state index in [0.29, 0.717) is 6.54 Å². The molecule has 0 aromatic heterocycles. The zero-order valence-electron chi connectivity index (χ0n) is 16.5. The van der Waals surface area contributed by atoms with Crippen LogP contribution in [0.5, 0.6) is 0 Å². The minimum Gasteiger partial charge on any atom is -1.00 e. The standard InChI is InChI=1S/C22H26N4O.ClH/c1-4-26(5-2)20-11-12-21(17(3)13-20)24-16-19(14-23)22(27)25-15-18-9-7-6-8-10-18;/h6-13,16,24H,4-5,15H2,1-3H3,(H,25,27);1H/p-1/b19-16-;. The second kappa shape index (κ2) is 11.7. The molecule has 2 N–H and O–H groups in total. The molecule has 0 atom stereocenters. The normalized spacial score (nSPS) is 10.4. The van der Waals surface area contributed by atoms with Crippen molar-refractivity contribution >= 4 is 17.3 Å². The van der Waals surface area contributed by atoms with Crippen LogP contribution in [0.15, 0.2) is 60.3 Å². The Morgan fingerprint density at radius 1 is 1.14 bits per heavy atom. The predicted octanol–water partition coefficient (Wildman–Crippen LogP) is 0.981. The largest absolute Gasteiger partial charge is 1.00 e. The molecule has 1 amide bonds. The molecule has 5 nitrogen and oxygen atoms in total. The highest BCUT2D eigenvalue weighted by Crippen LogP contribution is 2.22. The van der Waals surface area contributed by atoms with Crippen LogP contribution < -0.4 is 27.9 Å². The number of halogens is 1. The van der Waals surface area contributed by atoms with Crippen LogP contribution >= 0.6 is 0 Å². The number of nitrogens with zero attached hydrogens (tertiary/aromatic N) is 2. The third kappa shape index (κ3) is 6.33. The number of nitrogens with one attached hydrogen (secondary N) is 2. The molecule has 6 heteroatoms. The van der Waals surface area contributed by atoms with Gasteiger partial charge in [0.05, 0.1) is 0 Å². The second-order valence-corrected chi connectivity index (χ2v) is 6.15. The highest BCUT2D eigenvalue weighted by atomic mass is 35.5. The second-order valence-electron chi connectivity index (χ2n) is 6.15. The van der Waals surface area contributed by atoms with E-state index in [1.165, 1.54) is 6.20 Å². The quantitative estimate of drug-likeness (QED) is 0.514. The Balaban J connectivity index is 0.00000392. The van der Waals surface area contributed by atoms with E-state index in [2.05, 4.69) is 35.4 Å². The molecule has 0 aliphatic carbocycles. The monoisotopic (exact) mass is 397 g/mol. The van der Waals surface area contributed by atoms with Gasteiger partial charge in [-0.3, -0.25) is 4.79 Å². The van der Waals surface area contributed by atoms with Crippen molar-refractivity contribution in [2.24, 2.45) is 0 Å². The van der Waals surface area contributed by atoms with Crippen LogP contribution in [-0.2, 0) is 11.3 Å². The summed E-state index contributed by atoms with van der Waals surface area (Å²) in [6.45, 7) is 8.54. The summed E-state index contributed by atoms with van der Waals surface area (Å²) in [5.74, 6) is -0.397. The smallest absolute Gasteiger partial charge is 0.263 e. The third-order valence-electron chi connectivity index (χ3n) is 4.37. The van der Waals surface area contributed by atoms with E-state index in [0.717, 1.165) is 35.6 Å².